The van der Waals surface area contributed by atoms with E-state index in [1.54, 1.807) is 0 Å². The Hall–Kier alpha value is -2.75. The van der Waals surface area contributed by atoms with E-state index in [1.807, 2.05) is 17.6 Å². The van der Waals surface area contributed by atoms with Crippen molar-refractivity contribution in [2.45, 2.75) is 90.5 Å². The molecule has 0 radical (unpaired) electrons. The predicted molar refractivity (Wildman–Crippen MR) is 156 cm³/mol. The summed E-state index contributed by atoms with van der Waals surface area (Å²) in [6, 6.07) is 6.97. The van der Waals surface area contributed by atoms with Crippen molar-refractivity contribution >= 4 is 25.0 Å². The Morgan fingerprint density at radius 2 is 1.95 bits per heavy atom. The molecule has 9 heteroatoms. The molecule has 5 rings (SSSR count). The van der Waals surface area contributed by atoms with E-state index >= 15 is 0 Å². The molecule has 2 N–H and O–H groups in total. The fourth-order valence-electron chi connectivity index (χ4n) is 5.25. The Labute approximate surface area is 232 Å². The predicted octanol–water partition coefficient (Wildman–Crippen LogP) is 5.46. The number of nitrogens with zero attached hydrogens (tertiary/aromatic N) is 3. The number of hydrogen-bond acceptors (Lipinski definition) is 6. The number of carbonyl (C=O) groups is 1. The van der Waals surface area contributed by atoms with Crippen LogP contribution in [0.4, 0.5) is 0 Å². The van der Waals surface area contributed by atoms with E-state index in [1.165, 1.54) is 19.2 Å². The molecule has 2 fully saturated rings. The Bertz CT molecular complexity index is 1340. The van der Waals surface area contributed by atoms with Gasteiger partial charge in [-0.15, -0.1) is 0 Å². The zero-order chi connectivity index (χ0) is 27.7. The third kappa shape index (κ3) is 6.36. The van der Waals surface area contributed by atoms with Crippen molar-refractivity contribution in [1.29, 1.82) is 0 Å². The maximum absolute atomic E-state index is 13.7. The monoisotopic (exact) mass is 550 g/mol. The minimum Gasteiger partial charge on any atom is -0.493 e. The van der Waals surface area contributed by atoms with Crippen LogP contribution in [0.25, 0.3) is 22.3 Å². The number of nitrogens with one attached hydrogen (secondary N) is 1. The van der Waals surface area contributed by atoms with Gasteiger partial charge in [-0.1, -0.05) is 31.3 Å². The first-order valence-electron chi connectivity index (χ1n) is 14.3. The third-order valence-corrected chi connectivity index (χ3v) is 9.60. The summed E-state index contributed by atoms with van der Waals surface area (Å²) < 4.78 is 14.5. The smallest absolute Gasteiger partial charge is 0.255 e. The summed E-state index contributed by atoms with van der Waals surface area (Å²) in [4.78, 5) is 23.0. The van der Waals surface area contributed by atoms with E-state index in [9.17, 15) is 9.90 Å². The Balaban J connectivity index is 1.58. The molecule has 0 aliphatic heterocycles. The van der Waals surface area contributed by atoms with Gasteiger partial charge in [0.25, 0.3) is 5.91 Å². The molecule has 0 saturated heterocycles. The Kier molecular flexibility index (Phi) is 8.12. The third-order valence-electron chi connectivity index (χ3n) is 7.90. The highest BCUT2D eigenvalue weighted by Crippen LogP contribution is 2.38. The number of hydrogen-bond donors (Lipinski definition) is 2. The van der Waals surface area contributed by atoms with Gasteiger partial charge in [-0.05, 0) is 70.0 Å². The van der Waals surface area contributed by atoms with Crippen LogP contribution in [0.2, 0.25) is 25.7 Å². The van der Waals surface area contributed by atoms with Gasteiger partial charge in [0.05, 0.1) is 29.8 Å². The van der Waals surface area contributed by atoms with E-state index in [2.05, 4.69) is 49.0 Å². The molecule has 39 heavy (non-hydrogen) atoms. The van der Waals surface area contributed by atoms with Crippen LogP contribution in [-0.4, -0.2) is 59.0 Å². The van der Waals surface area contributed by atoms with Crippen molar-refractivity contribution in [2.24, 2.45) is 5.92 Å². The van der Waals surface area contributed by atoms with E-state index in [0.29, 0.717) is 43.4 Å². The lowest BCUT2D eigenvalue weighted by molar-refractivity contribution is 0.0856. The molecule has 2 atom stereocenters. The van der Waals surface area contributed by atoms with Crippen molar-refractivity contribution in [3.63, 3.8) is 0 Å². The van der Waals surface area contributed by atoms with Gasteiger partial charge in [-0.25, -0.2) is 9.97 Å². The highest BCUT2D eigenvalue weighted by atomic mass is 28.3. The number of amides is 1. The summed E-state index contributed by atoms with van der Waals surface area (Å²) in [5.41, 5.74) is 5.36. The second kappa shape index (κ2) is 11.4. The summed E-state index contributed by atoms with van der Waals surface area (Å²) in [6.45, 7) is 12.7. The van der Waals surface area contributed by atoms with Gasteiger partial charge in [-0.2, -0.15) is 0 Å². The summed E-state index contributed by atoms with van der Waals surface area (Å²) in [5, 5.41) is 13.4. The van der Waals surface area contributed by atoms with E-state index in [0.717, 1.165) is 52.7 Å². The number of aliphatic hydroxyl groups excluding tert-OH is 1. The summed E-state index contributed by atoms with van der Waals surface area (Å²) in [7, 11) is -1.26. The van der Waals surface area contributed by atoms with E-state index in [-0.39, 0.29) is 11.9 Å². The largest absolute Gasteiger partial charge is 0.493 e. The SMILES string of the molecule is Cc1ccc(OCC2CC2)c(-c2ncnc3c(C(=O)N[C@H]4CCC[C@H]4O)c(C)n(COCC[Si](C)(C)C)c23)c1. The number of ether oxygens (including phenoxy) is 2. The minimum absolute atomic E-state index is 0.219. The van der Waals surface area contributed by atoms with Crippen LogP contribution in [0.15, 0.2) is 24.5 Å². The zero-order valence-corrected chi connectivity index (χ0v) is 24.9. The van der Waals surface area contributed by atoms with Crippen molar-refractivity contribution in [3.05, 3.63) is 41.3 Å². The molecule has 0 unspecified atom stereocenters. The highest BCUT2D eigenvalue weighted by molar-refractivity contribution is 6.76. The Morgan fingerprint density at radius 3 is 2.64 bits per heavy atom. The summed E-state index contributed by atoms with van der Waals surface area (Å²) in [6.07, 6.45) is 5.82. The number of carbonyl (C=O) groups excluding carboxylic acids is 1. The number of aryl methyl sites for hydroxylation is 1. The molecule has 1 amide bonds. The van der Waals surface area contributed by atoms with Crippen molar-refractivity contribution in [3.8, 4) is 17.0 Å². The molecule has 2 saturated carbocycles. The average molecular weight is 551 g/mol. The van der Waals surface area contributed by atoms with Crippen LogP contribution in [0, 0.1) is 19.8 Å². The van der Waals surface area contributed by atoms with Gasteiger partial charge in [-0.3, -0.25) is 4.79 Å². The fraction of sp³-hybridized carbons (Fsp3) is 0.567. The van der Waals surface area contributed by atoms with Gasteiger partial charge in [0.2, 0.25) is 0 Å². The second-order valence-corrected chi connectivity index (χ2v) is 18.1. The molecule has 2 heterocycles. The number of benzene rings is 1. The van der Waals surface area contributed by atoms with Crippen LogP contribution < -0.4 is 10.1 Å². The lowest BCUT2D eigenvalue weighted by atomic mass is 10.1. The van der Waals surface area contributed by atoms with Crippen molar-refractivity contribution in [1.82, 2.24) is 19.9 Å². The molecule has 2 aromatic heterocycles. The number of fused-ring (bicyclic) bond motifs is 1. The maximum Gasteiger partial charge on any atom is 0.255 e. The molecule has 8 nitrogen and oxygen atoms in total. The molecule has 210 valence electrons. The van der Waals surface area contributed by atoms with Crippen LogP contribution in [0.1, 0.15) is 53.7 Å². The van der Waals surface area contributed by atoms with Gasteiger partial charge >= 0.3 is 0 Å². The lowest BCUT2D eigenvalue weighted by Gasteiger charge is -2.17. The van der Waals surface area contributed by atoms with Gasteiger partial charge in [0, 0.05) is 25.9 Å². The van der Waals surface area contributed by atoms with Gasteiger partial charge in [0.15, 0.2) is 0 Å². The quantitative estimate of drug-likeness (QED) is 0.243. The number of aromatic nitrogens is 3. The second-order valence-electron chi connectivity index (χ2n) is 12.5. The molecule has 2 aliphatic rings. The fourth-order valence-corrected chi connectivity index (χ4v) is 6.01. The Morgan fingerprint density at radius 1 is 1.15 bits per heavy atom. The van der Waals surface area contributed by atoms with Crippen LogP contribution in [-0.2, 0) is 11.5 Å². The van der Waals surface area contributed by atoms with Crippen molar-refractivity contribution in [2.75, 3.05) is 13.2 Å². The molecule has 1 aromatic carbocycles. The lowest BCUT2D eigenvalue weighted by Crippen LogP contribution is -2.40. The van der Waals surface area contributed by atoms with Crippen molar-refractivity contribution < 1.29 is 19.4 Å². The standard InChI is InChI=1S/C30H42N4O4Si/c1-19-9-12-25(38-16-21-10-11-21)22(15-19)27-29-28(32-17-31-27)26(30(36)33-23-7-6-8-24(23)35)20(2)34(29)18-37-13-14-39(3,4)5/h9,12,15,17,21,23-24,35H,6-8,10-11,13-14,16,18H2,1-5H3,(H,33,36)/t23-,24+/m0/s1. The summed E-state index contributed by atoms with van der Waals surface area (Å²) in [5.74, 6) is 1.19. The zero-order valence-electron chi connectivity index (χ0n) is 23.9. The molecule has 0 bridgehead atoms. The first kappa shape index (κ1) is 27.8. The highest BCUT2D eigenvalue weighted by Gasteiger charge is 2.31. The molecular weight excluding hydrogens is 508 g/mol. The topological polar surface area (TPSA) is 98.5 Å². The van der Waals surface area contributed by atoms with Crippen LogP contribution >= 0.6 is 0 Å². The first-order valence-corrected chi connectivity index (χ1v) is 18.0. The molecule has 2 aliphatic carbocycles. The maximum atomic E-state index is 13.7. The molecular formula is C30H42N4O4Si. The van der Waals surface area contributed by atoms with Crippen LogP contribution in [0.5, 0.6) is 5.75 Å². The van der Waals surface area contributed by atoms with Gasteiger partial charge in [0.1, 0.15) is 30.0 Å². The number of aliphatic hydroxyl groups is 1. The minimum atomic E-state index is -1.26. The normalized spacial score (nSPS) is 19.5. The molecule has 3 aromatic rings. The van der Waals surface area contributed by atoms with Crippen LogP contribution in [0.3, 0.4) is 0 Å². The van der Waals surface area contributed by atoms with E-state index in [4.69, 9.17) is 14.5 Å². The van der Waals surface area contributed by atoms with E-state index < -0.39 is 14.2 Å². The summed E-state index contributed by atoms with van der Waals surface area (Å²) >= 11 is 0. The first-order chi connectivity index (χ1) is 18.6. The number of rotatable bonds is 11. The average Bonchev–Trinajstić information content (AvgIpc) is 3.56. The van der Waals surface area contributed by atoms with Gasteiger partial charge < -0.3 is 24.5 Å². The molecule has 0 spiro atoms.